The number of aromatic nitrogens is 4. The molecule has 0 radical (unpaired) electrons. The third-order valence-corrected chi connectivity index (χ3v) is 8.36. The van der Waals surface area contributed by atoms with Crippen LogP contribution in [0, 0.1) is 0 Å². The van der Waals surface area contributed by atoms with Gasteiger partial charge in [-0.3, -0.25) is 4.79 Å². The van der Waals surface area contributed by atoms with Gasteiger partial charge < -0.3 is 10.1 Å². The molecule has 1 amide bonds. The van der Waals surface area contributed by atoms with Gasteiger partial charge in [0.15, 0.2) is 0 Å². The van der Waals surface area contributed by atoms with Gasteiger partial charge in [0.2, 0.25) is 21.1 Å². The number of benzene rings is 1. The van der Waals surface area contributed by atoms with Crippen LogP contribution in [0.3, 0.4) is 0 Å². The minimum Gasteiger partial charge on any atom is -0.376 e. The standard InChI is InChI=1S/C19H26N6O4S2/c1-14(30-19-21-22-23-25(19)13-16-5-4-12-29-16)18(26)20-15-6-8-17(9-7-15)31(27,28)24-10-2-3-11-24/h6-9,14,16H,2-5,10-13H2,1H3,(H,20,26)/t14-,16+/m1/s1. The van der Waals surface area contributed by atoms with E-state index in [1.165, 1.54) is 28.2 Å². The van der Waals surface area contributed by atoms with Crippen molar-refractivity contribution in [3.05, 3.63) is 24.3 Å². The summed E-state index contributed by atoms with van der Waals surface area (Å²) < 4.78 is 34.0. The first-order valence-electron chi connectivity index (χ1n) is 10.4. The second kappa shape index (κ2) is 9.63. The van der Waals surface area contributed by atoms with E-state index in [9.17, 15) is 13.2 Å². The molecule has 3 heterocycles. The number of carbonyl (C=O) groups is 1. The van der Waals surface area contributed by atoms with Crippen molar-refractivity contribution in [3.8, 4) is 0 Å². The van der Waals surface area contributed by atoms with E-state index in [1.54, 1.807) is 23.7 Å². The summed E-state index contributed by atoms with van der Waals surface area (Å²) in [5.74, 6) is -0.216. The second-order valence-electron chi connectivity index (χ2n) is 7.66. The van der Waals surface area contributed by atoms with Gasteiger partial charge in [0, 0.05) is 25.4 Å². The van der Waals surface area contributed by atoms with Gasteiger partial charge in [0.05, 0.1) is 22.8 Å². The largest absolute Gasteiger partial charge is 0.376 e. The number of hydrogen-bond acceptors (Lipinski definition) is 8. The molecular formula is C19H26N6O4S2. The van der Waals surface area contributed by atoms with Crippen LogP contribution in [0.5, 0.6) is 0 Å². The summed E-state index contributed by atoms with van der Waals surface area (Å²) in [5.41, 5.74) is 0.539. The van der Waals surface area contributed by atoms with Gasteiger partial charge in [0.25, 0.3) is 0 Å². The summed E-state index contributed by atoms with van der Waals surface area (Å²) in [6, 6.07) is 6.28. The zero-order valence-corrected chi connectivity index (χ0v) is 18.9. The van der Waals surface area contributed by atoms with Crippen molar-refractivity contribution >= 4 is 33.4 Å². The Balaban J connectivity index is 1.34. The first-order valence-corrected chi connectivity index (χ1v) is 12.7. The van der Waals surface area contributed by atoms with Gasteiger partial charge in [-0.15, -0.1) is 5.10 Å². The molecule has 12 heteroatoms. The van der Waals surface area contributed by atoms with Crippen molar-refractivity contribution in [2.75, 3.05) is 25.0 Å². The second-order valence-corrected chi connectivity index (χ2v) is 10.9. The fourth-order valence-corrected chi connectivity index (χ4v) is 5.94. The van der Waals surface area contributed by atoms with Gasteiger partial charge in [-0.25, -0.2) is 13.1 Å². The number of nitrogens with zero attached hydrogens (tertiary/aromatic N) is 5. The predicted octanol–water partition coefficient (Wildman–Crippen LogP) is 1.76. The van der Waals surface area contributed by atoms with E-state index in [2.05, 4.69) is 20.8 Å². The Hall–Kier alpha value is -2.02. The molecule has 1 aromatic carbocycles. The van der Waals surface area contributed by atoms with Crippen LogP contribution in [0.1, 0.15) is 32.6 Å². The van der Waals surface area contributed by atoms with Crippen LogP contribution in [0.25, 0.3) is 0 Å². The van der Waals surface area contributed by atoms with Crippen molar-refractivity contribution in [3.63, 3.8) is 0 Å². The fraction of sp³-hybridized carbons (Fsp3) is 0.579. The molecule has 0 unspecified atom stereocenters. The number of ether oxygens (including phenoxy) is 1. The summed E-state index contributed by atoms with van der Waals surface area (Å²) in [6.45, 7) is 4.21. The van der Waals surface area contributed by atoms with Gasteiger partial charge in [-0.1, -0.05) is 11.8 Å². The molecule has 2 aromatic rings. The van der Waals surface area contributed by atoms with Crippen LogP contribution in [0.15, 0.2) is 34.3 Å². The number of carbonyl (C=O) groups excluding carboxylic acids is 1. The van der Waals surface area contributed by atoms with Crippen molar-refractivity contribution in [2.24, 2.45) is 0 Å². The maximum atomic E-state index is 12.6. The summed E-state index contributed by atoms with van der Waals surface area (Å²) in [4.78, 5) is 12.9. The Labute approximate surface area is 185 Å². The van der Waals surface area contributed by atoms with Crippen LogP contribution in [-0.4, -0.2) is 69.9 Å². The number of thioether (sulfide) groups is 1. The van der Waals surface area contributed by atoms with E-state index in [4.69, 9.17) is 4.74 Å². The molecule has 0 aliphatic carbocycles. The molecule has 0 spiro atoms. The molecule has 0 bridgehead atoms. The number of hydrogen-bond donors (Lipinski definition) is 1. The average Bonchev–Trinajstić information content (AvgIpc) is 3.53. The van der Waals surface area contributed by atoms with Crippen molar-refractivity contribution in [2.45, 2.75) is 60.6 Å². The van der Waals surface area contributed by atoms with Crippen LogP contribution < -0.4 is 5.32 Å². The highest BCUT2D eigenvalue weighted by atomic mass is 32.2. The van der Waals surface area contributed by atoms with E-state index in [1.807, 2.05) is 0 Å². The zero-order chi connectivity index (χ0) is 21.8. The Morgan fingerprint density at radius 1 is 1.26 bits per heavy atom. The highest BCUT2D eigenvalue weighted by Gasteiger charge is 2.27. The number of amides is 1. The predicted molar refractivity (Wildman–Crippen MR) is 115 cm³/mol. The molecular weight excluding hydrogens is 440 g/mol. The molecule has 31 heavy (non-hydrogen) atoms. The first-order chi connectivity index (χ1) is 14.9. The SMILES string of the molecule is C[C@@H](Sc1nnnn1C[C@@H]1CCCO1)C(=O)Nc1ccc(S(=O)(=O)N2CCCC2)cc1. The Bertz CT molecular complexity index is 999. The fourth-order valence-electron chi connectivity index (χ4n) is 3.62. The first kappa shape index (κ1) is 22.2. The molecule has 2 aliphatic rings. The monoisotopic (exact) mass is 466 g/mol. The average molecular weight is 467 g/mol. The number of anilines is 1. The van der Waals surface area contributed by atoms with E-state index < -0.39 is 15.3 Å². The Kier molecular flexibility index (Phi) is 6.89. The summed E-state index contributed by atoms with van der Waals surface area (Å²) in [5, 5.41) is 14.7. The number of nitrogens with one attached hydrogen (secondary N) is 1. The van der Waals surface area contributed by atoms with Crippen molar-refractivity contribution in [1.82, 2.24) is 24.5 Å². The molecule has 1 aromatic heterocycles. The molecule has 4 rings (SSSR count). The van der Waals surface area contributed by atoms with E-state index in [0.717, 1.165) is 32.3 Å². The van der Waals surface area contributed by atoms with Crippen molar-refractivity contribution in [1.29, 1.82) is 0 Å². The lowest BCUT2D eigenvalue weighted by Gasteiger charge is -2.16. The van der Waals surface area contributed by atoms with E-state index in [-0.39, 0.29) is 16.9 Å². The third-order valence-electron chi connectivity index (χ3n) is 5.38. The van der Waals surface area contributed by atoms with E-state index in [0.29, 0.717) is 30.5 Å². The number of tetrazole rings is 1. The third kappa shape index (κ3) is 5.25. The molecule has 1 N–H and O–H groups in total. The van der Waals surface area contributed by atoms with Gasteiger partial charge in [0.1, 0.15) is 0 Å². The maximum Gasteiger partial charge on any atom is 0.243 e. The Morgan fingerprint density at radius 3 is 2.68 bits per heavy atom. The molecule has 168 valence electrons. The molecule has 2 saturated heterocycles. The quantitative estimate of drug-likeness (QED) is 0.585. The summed E-state index contributed by atoms with van der Waals surface area (Å²) >= 11 is 1.27. The minimum absolute atomic E-state index is 0.0994. The lowest BCUT2D eigenvalue weighted by atomic mass is 10.2. The molecule has 10 nitrogen and oxygen atoms in total. The van der Waals surface area contributed by atoms with E-state index >= 15 is 0 Å². The zero-order valence-electron chi connectivity index (χ0n) is 17.3. The molecule has 2 aliphatic heterocycles. The molecule has 2 atom stereocenters. The summed E-state index contributed by atoms with van der Waals surface area (Å²) in [7, 11) is -3.47. The normalized spacial score (nSPS) is 20.7. The van der Waals surface area contributed by atoms with Crippen LogP contribution in [-0.2, 0) is 26.1 Å². The maximum absolute atomic E-state index is 12.6. The Morgan fingerprint density at radius 2 is 2.00 bits per heavy atom. The smallest absolute Gasteiger partial charge is 0.243 e. The number of sulfonamides is 1. The lowest BCUT2D eigenvalue weighted by Crippen LogP contribution is -2.28. The van der Waals surface area contributed by atoms with Crippen LogP contribution in [0.2, 0.25) is 0 Å². The van der Waals surface area contributed by atoms with Crippen LogP contribution in [0.4, 0.5) is 5.69 Å². The number of rotatable bonds is 8. The van der Waals surface area contributed by atoms with Gasteiger partial charge >= 0.3 is 0 Å². The lowest BCUT2D eigenvalue weighted by molar-refractivity contribution is -0.115. The van der Waals surface area contributed by atoms with Crippen LogP contribution >= 0.6 is 11.8 Å². The highest BCUT2D eigenvalue weighted by molar-refractivity contribution is 8.00. The summed E-state index contributed by atoms with van der Waals surface area (Å²) in [6.07, 6.45) is 3.89. The van der Waals surface area contributed by atoms with Gasteiger partial charge in [-0.2, -0.15) is 4.31 Å². The molecule has 0 saturated carbocycles. The van der Waals surface area contributed by atoms with Crippen molar-refractivity contribution < 1.29 is 17.9 Å². The minimum atomic E-state index is -3.47. The topological polar surface area (TPSA) is 119 Å². The molecule has 2 fully saturated rings. The highest BCUT2D eigenvalue weighted by Crippen LogP contribution is 2.25. The van der Waals surface area contributed by atoms with Gasteiger partial charge in [-0.05, 0) is 67.3 Å².